The van der Waals surface area contributed by atoms with E-state index in [1.807, 2.05) is 13.0 Å². The number of hydrogen-bond donors (Lipinski definition) is 1. The number of benzene rings is 1. The molecule has 0 spiro atoms. The molecular weight excluding hydrogens is 257 g/mol. The van der Waals surface area contributed by atoms with Gasteiger partial charge in [0.1, 0.15) is 5.82 Å². The van der Waals surface area contributed by atoms with Gasteiger partial charge in [0.15, 0.2) is 0 Å². The summed E-state index contributed by atoms with van der Waals surface area (Å²) in [4.78, 5) is 13.8. The Kier molecular flexibility index (Phi) is 5.23. The van der Waals surface area contributed by atoms with Gasteiger partial charge in [0.05, 0.1) is 17.0 Å². The number of amides is 1. The van der Waals surface area contributed by atoms with Crippen molar-refractivity contribution in [1.82, 2.24) is 4.90 Å². The summed E-state index contributed by atoms with van der Waals surface area (Å²) >= 11 is 0. The number of nitrogens with zero attached hydrogens (tertiary/aromatic N) is 2. The van der Waals surface area contributed by atoms with E-state index in [4.69, 9.17) is 11.0 Å². The van der Waals surface area contributed by atoms with Crippen LogP contribution < -0.4 is 5.73 Å². The summed E-state index contributed by atoms with van der Waals surface area (Å²) in [5.41, 5.74) is 5.72. The van der Waals surface area contributed by atoms with E-state index in [1.165, 1.54) is 23.1 Å². The molecule has 0 saturated heterocycles. The Bertz CT molecular complexity index is 532. The molecule has 0 aliphatic heterocycles. The van der Waals surface area contributed by atoms with Crippen molar-refractivity contribution in [2.75, 3.05) is 13.6 Å². The van der Waals surface area contributed by atoms with Gasteiger partial charge in [-0.3, -0.25) is 4.79 Å². The molecule has 20 heavy (non-hydrogen) atoms. The fourth-order valence-corrected chi connectivity index (χ4v) is 1.94. The summed E-state index contributed by atoms with van der Waals surface area (Å²) in [7, 11) is 1.62. The Morgan fingerprint density at radius 2 is 2.20 bits per heavy atom. The van der Waals surface area contributed by atoms with E-state index in [9.17, 15) is 9.18 Å². The van der Waals surface area contributed by atoms with Crippen LogP contribution in [0.15, 0.2) is 18.2 Å². The molecule has 0 fully saturated rings. The minimum absolute atomic E-state index is 0.121. The molecule has 0 bridgehead atoms. The molecule has 0 aliphatic rings. The molecule has 108 valence electrons. The van der Waals surface area contributed by atoms with Crippen LogP contribution in [0.4, 0.5) is 4.39 Å². The van der Waals surface area contributed by atoms with E-state index in [0.717, 1.165) is 0 Å². The van der Waals surface area contributed by atoms with Crippen LogP contribution in [0.3, 0.4) is 0 Å². The monoisotopic (exact) mass is 277 g/mol. The largest absolute Gasteiger partial charge is 0.341 e. The highest BCUT2D eigenvalue weighted by molar-refractivity contribution is 5.82. The molecule has 0 aromatic heterocycles. The van der Waals surface area contributed by atoms with E-state index in [1.54, 1.807) is 14.0 Å². The fourth-order valence-electron chi connectivity index (χ4n) is 1.94. The van der Waals surface area contributed by atoms with Crippen LogP contribution in [-0.4, -0.2) is 24.4 Å². The van der Waals surface area contributed by atoms with Gasteiger partial charge in [-0.15, -0.1) is 0 Å². The van der Waals surface area contributed by atoms with E-state index < -0.39 is 11.2 Å². The van der Waals surface area contributed by atoms with Crippen LogP contribution in [0.1, 0.15) is 31.4 Å². The fraction of sp³-hybridized carbons (Fsp3) is 0.467. The van der Waals surface area contributed by atoms with Gasteiger partial charge in [0.25, 0.3) is 0 Å². The van der Waals surface area contributed by atoms with Crippen molar-refractivity contribution in [3.8, 4) is 6.07 Å². The van der Waals surface area contributed by atoms with Gasteiger partial charge in [-0.1, -0.05) is 6.92 Å². The predicted octanol–water partition coefficient (Wildman–Crippen LogP) is 2.03. The number of carbonyl (C=O) groups is 1. The normalized spacial score (nSPS) is 13.4. The summed E-state index contributed by atoms with van der Waals surface area (Å²) in [6.07, 6.45) is 0.618. The minimum atomic E-state index is -0.641. The standard InChI is InChI=1S/C15H20FN3O/c1-4-15(2,10-18)14(20)19(3)9-12-7-11(8-17)5-6-13(12)16/h5-7H,4,9-10,18H2,1-3H3. The first-order valence-electron chi connectivity index (χ1n) is 6.52. The first-order chi connectivity index (χ1) is 9.37. The molecule has 1 aromatic rings. The maximum absolute atomic E-state index is 13.7. The van der Waals surface area contributed by atoms with E-state index in [0.29, 0.717) is 17.5 Å². The lowest BCUT2D eigenvalue weighted by Gasteiger charge is -2.30. The highest BCUT2D eigenvalue weighted by Crippen LogP contribution is 2.23. The molecule has 2 N–H and O–H groups in total. The Balaban J connectivity index is 2.94. The smallest absolute Gasteiger partial charge is 0.229 e. The molecule has 1 amide bonds. The molecule has 1 unspecified atom stereocenters. The molecule has 0 heterocycles. The van der Waals surface area contributed by atoms with E-state index >= 15 is 0 Å². The maximum Gasteiger partial charge on any atom is 0.229 e. The van der Waals surface area contributed by atoms with Crippen molar-refractivity contribution < 1.29 is 9.18 Å². The third kappa shape index (κ3) is 3.34. The van der Waals surface area contributed by atoms with E-state index in [2.05, 4.69) is 0 Å². The highest BCUT2D eigenvalue weighted by atomic mass is 19.1. The molecule has 1 aromatic carbocycles. The predicted molar refractivity (Wildman–Crippen MR) is 75.0 cm³/mol. The third-order valence-electron chi connectivity index (χ3n) is 3.68. The van der Waals surface area contributed by atoms with Crippen molar-refractivity contribution in [3.05, 3.63) is 35.1 Å². The van der Waals surface area contributed by atoms with Crippen LogP contribution in [0.5, 0.6) is 0 Å². The second kappa shape index (κ2) is 6.49. The van der Waals surface area contributed by atoms with Gasteiger partial charge < -0.3 is 10.6 Å². The molecular formula is C15H20FN3O. The summed E-state index contributed by atoms with van der Waals surface area (Å²) < 4.78 is 13.7. The van der Waals surface area contributed by atoms with E-state index in [-0.39, 0.29) is 19.0 Å². The molecule has 1 rings (SSSR count). The van der Waals surface area contributed by atoms with Gasteiger partial charge in [0, 0.05) is 25.7 Å². The highest BCUT2D eigenvalue weighted by Gasteiger charge is 2.32. The van der Waals surface area contributed by atoms with Gasteiger partial charge in [-0.2, -0.15) is 5.26 Å². The zero-order valence-electron chi connectivity index (χ0n) is 12.1. The minimum Gasteiger partial charge on any atom is -0.341 e. The molecule has 0 aliphatic carbocycles. The zero-order chi connectivity index (χ0) is 15.3. The first-order valence-corrected chi connectivity index (χ1v) is 6.52. The third-order valence-corrected chi connectivity index (χ3v) is 3.68. The number of hydrogen-bond acceptors (Lipinski definition) is 3. The average molecular weight is 277 g/mol. The molecule has 0 radical (unpaired) electrons. The van der Waals surface area contributed by atoms with Crippen molar-refractivity contribution >= 4 is 5.91 Å². The van der Waals surface area contributed by atoms with Crippen molar-refractivity contribution in [1.29, 1.82) is 5.26 Å². The molecule has 5 heteroatoms. The lowest BCUT2D eigenvalue weighted by atomic mass is 9.86. The topological polar surface area (TPSA) is 70.1 Å². The second-order valence-corrected chi connectivity index (χ2v) is 5.20. The van der Waals surface area contributed by atoms with Crippen LogP contribution in [0.2, 0.25) is 0 Å². The molecule has 4 nitrogen and oxygen atoms in total. The lowest BCUT2D eigenvalue weighted by Crippen LogP contribution is -2.44. The molecule has 0 saturated carbocycles. The SMILES string of the molecule is CCC(C)(CN)C(=O)N(C)Cc1cc(C#N)ccc1F. The van der Waals surface area contributed by atoms with Gasteiger partial charge >= 0.3 is 0 Å². The quantitative estimate of drug-likeness (QED) is 0.895. The van der Waals surface area contributed by atoms with Gasteiger partial charge in [-0.05, 0) is 31.5 Å². The summed E-state index contributed by atoms with van der Waals surface area (Å²) in [5, 5.41) is 8.83. The second-order valence-electron chi connectivity index (χ2n) is 5.20. The Labute approximate surface area is 119 Å². The Hall–Kier alpha value is -1.93. The summed E-state index contributed by atoms with van der Waals surface area (Å²) in [6.45, 7) is 4.06. The number of halogens is 1. The lowest BCUT2D eigenvalue weighted by molar-refractivity contribution is -0.140. The Morgan fingerprint density at radius 3 is 2.70 bits per heavy atom. The van der Waals surface area contributed by atoms with Crippen molar-refractivity contribution in [2.24, 2.45) is 11.1 Å². The summed E-state index contributed by atoms with van der Waals surface area (Å²) in [5.74, 6) is -0.543. The van der Waals surface area contributed by atoms with Crippen LogP contribution >= 0.6 is 0 Å². The van der Waals surface area contributed by atoms with Crippen molar-refractivity contribution in [3.63, 3.8) is 0 Å². The van der Waals surface area contributed by atoms with Crippen molar-refractivity contribution in [2.45, 2.75) is 26.8 Å². The van der Waals surface area contributed by atoms with Crippen LogP contribution in [0, 0.1) is 22.6 Å². The summed E-state index contributed by atoms with van der Waals surface area (Å²) in [6, 6.07) is 6.08. The van der Waals surface area contributed by atoms with Gasteiger partial charge in [-0.25, -0.2) is 4.39 Å². The number of carbonyl (C=O) groups excluding carboxylic acids is 1. The number of nitriles is 1. The van der Waals surface area contributed by atoms with Crippen LogP contribution in [-0.2, 0) is 11.3 Å². The Morgan fingerprint density at radius 1 is 1.55 bits per heavy atom. The number of nitrogens with two attached hydrogens (primary N) is 1. The maximum atomic E-state index is 13.7. The number of rotatable bonds is 5. The van der Waals surface area contributed by atoms with Crippen LogP contribution in [0.25, 0.3) is 0 Å². The average Bonchev–Trinajstić information content (AvgIpc) is 2.47. The van der Waals surface area contributed by atoms with Gasteiger partial charge in [0.2, 0.25) is 5.91 Å². The zero-order valence-corrected chi connectivity index (χ0v) is 12.1. The molecule has 1 atom stereocenters. The first kappa shape index (κ1) is 16.1.